The highest BCUT2D eigenvalue weighted by molar-refractivity contribution is 5.78. The van der Waals surface area contributed by atoms with Crippen molar-refractivity contribution in [2.24, 2.45) is 5.92 Å². The third-order valence-corrected chi connectivity index (χ3v) is 6.96. The van der Waals surface area contributed by atoms with Crippen molar-refractivity contribution in [2.75, 3.05) is 0 Å². The summed E-state index contributed by atoms with van der Waals surface area (Å²) in [7, 11) is 0. The average Bonchev–Trinajstić information content (AvgIpc) is 3.29. The van der Waals surface area contributed by atoms with E-state index in [1.807, 2.05) is 0 Å². The first kappa shape index (κ1) is 18.2. The zero-order valence-electron chi connectivity index (χ0n) is 17.1. The molecule has 144 valence electrons. The van der Waals surface area contributed by atoms with Crippen molar-refractivity contribution in [3.05, 3.63) is 113 Å². The molecule has 29 heavy (non-hydrogen) atoms. The van der Waals surface area contributed by atoms with Gasteiger partial charge in [-0.2, -0.15) is 0 Å². The van der Waals surface area contributed by atoms with Gasteiger partial charge in [-0.1, -0.05) is 97.4 Å². The predicted molar refractivity (Wildman–Crippen MR) is 124 cm³/mol. The highest BCUT2D eigenvalue weighted by Gasteiger charge is 2.32. The maximum atomic E-state index is 4.15. The normalized spacial score (nSPS) is 18.0. The van der Waals surface area contributed by atoms with Crippen molar-refractivity contribution in [2.45, 2.75) is 38.0 Å². The standard InChI is InChI=1S/C29H28/c1-3-20(4-2)29-22(19-21-11-5-6-12-23(21)29)17-18-28-26-15-9-7-13-24(26)25-14-8-10-16-27(25)28/h3,5-16,19-20,28-29H,1,4,17-18H2,2H3. The van der Waals surface area contributed by atoms with Crippen molar-refractivity contribution >= 4 is 6.08 Å². The second-order valence-corrected chi connectivity index (χ2v) is 8.40. The van der Waals surface area contributed by atoms with Crippen LogP contribution in [0.1, 0.15) is 60.3 Å². The summed E-state index contributed by atoms with van der Waals surface area (Å²) in [5.41, 5.74) is 10.3. The van der Waals surface area contributed by atoms with Crippen molar-refractivity contribution in [3.8, 4) is 11.1 Å². The van der Waals surface area contributed by atoms with Gasteiger partial charge in [0.1, 0.15) is 0 Å². The molecule has 0 aromatic heterocycles. The Morgan fingerprint density at radius 2 is 1.41 bits per heavy atom. The molecule has 2 atom stereocenters. The summed E-state index contributed by atoms with van der Waals surface area (Å²) in [6, 6.07) is 26.9. The second kappa shape index (κ2) is 7.52. The van der Waals surface area contributed by atoms with E-state index in [1.165, 1.54) is 33.4 Å². The van der Waals surface area contributed by atoms with Gasteiger partial charge in [-0.25, -0.2) is 0 Å². The summed E-state index contributed by atoms with van der Waals surface area (Å²) in [5, 5.41) is 0. The molecule has 0 aliphatic heterocycles. The first-order valence-electron chi connectivity index (χ1n) is 10.9. The van der Waals surface area contributed by atoms with E-state index in [9.17, 15) is 0 Å². The van der Waals surface area contributed by atoms with Crippen LogP contribution in [0.4, 0.5) is 0 Å². The first-order chi connectivity index (χ1) is 14.3. The van der Waals surface area contributed by atoms with Crippen LogP contribution in [0.3, 0.4) is 0 Å². The van der Waals surface area contributed by atoms with Gasteiger partial charge in [0.2, 0.25) is 0 Å². The van der Waals surface area contributed by atoms with Crippen LogP contribution in [0.15, 0.2) is 91.0 Å². The number of hydrogen-bond donors (Lipinski definition) is 0. The molecule has 0 heterocycles. The molecule has 0 N–H and O–H groups in total. The average molecular weight is 377 g/mol. The first-order valence-corrected chi connectivity index (χ1v) is 10.9. The highest BCUT2D eigenvalue weighted by Crippen LogP contribution is 2.50. The van der Waals surface area contributed by atoms with E-state index in [4.69, 9.17) is 0 Å². The summed E-state index contributed by atoms with van der Waals surface area (Å²) >= 11 is 0. The van der Waals surface area contributed by atoms with Gasteiger partial charge >= 0.3 is 0 Å². The van der Waals surface area contributed by atoms with Crippen molar-refractivity contribution in [1.29, 1.82) is 0 Å². The Bertz CT molecular complexity index is 1040. The Labute approximate surface area is 174 Å². The number of rotatable bonds is 6. The van der Waals surface area contributed by atoms with Gasteiger partial charge in [0.05, 0.1) is 0 Å². The molecule has 0 saturated carbocycles. The van der Waals surface area contributed by atoms with Crippen LogP contribution in [0.5, 0.6) is 0 Å². The Hall–Kier alpha value is -2.86. The van der Waals surface area contributed by atoms with Crippen LogP contribution in [0.25, 0.3) is 17.2 Å². The minimum atomic E-state index is 0.487. The fraction of sp³-hybridized carbons (Fsp3) is 0.241. The number of fused-ring (bicyclic) bond motifs is 4. The zero-order chi connectivity index (χ0) is 19.8. The summed E-state index contributed by atoms with van der Waals surface area (Å²) in [4.78, 5) is 0. The molecule has 3 aromatic carbocycles. The lowest BCUT2D eigenvalue weighted by Crippen LogP contribution is -2.11. The SMILES string of the molecule is C=CC(CC)C1C(CCC2c3ccccc3-c3ccccc32)=Cc2ccccc21. The van der Waals surface area contributed by atoms with E-state index in [2.05, 4.69) is 98.5 Å². The lowest BCUT2D eigenvalue weighted by Gasteiger charge is -2.25. The van der Waals surface area contributed by atoms with E-state index in [0.717, 1.165) is 19.3 Å². The summed E-state index contributed by atoms with van der Waals surface area (Å²) in [6.45, 7) is 6.44. The molecule has 3 aromatic rings. The molecule has 0 fully saturated rings. The van der Waals surface area contributed by atoms with Gasteiger partial charge < -0.3 is 0 Å². The van der Waals surface area contributed by atoms with Gasteiger partial charge in [-0.15, -0.1) is 6.58 Å². The van der Waals surface area contributed by atoms with E-state index >= 15 is 0 Å². The summed E-state index contributed by atoms with van der Waals surface area (Å²) < 4.78 is 0. The van der Waals surface area contributed by atoms with Gasteiger partial charge in [0.25, 0.3) is 0 Å². The molecule has 5 rings (SSSR count). The van der Waals surface area contributed by atoms with E-state index < -0.39 is 0 Å². The molecular formula is C29H28. The fourth-order valence-corrected chi connectivity index (χ4v) is 5.57. The monoisotopic (exact) mass is 376 g/mol. The number of allylic oxidation sites excluding steroid dienone is 2. The molecule has 0 radical (unpaired) electrons. The molecule has 2 aliphatic rings. The van der Waals surface area contributed by atoms with Gasteiger partial charge in [-0.05, 0) is 58.6 Å². The van der Waals surface area contributed by atoms with Gasteiger partial charge in [0.15, 0.2) is 0 Å². The predicted octanol–water partition coefficient (Wildman–Crippen LogP) is 7.97. The Morgan fingerprint density at radius 1 is 0.828 bits per heavy atom. The molecule has 0 nitrogen and oxygen atoms in total. The topological polar surface area (TPSA) is 0 Å². The smallest absolute Gasteiger partial charge is 0.0120 e. The van der Waals surface area contributed by atoms with Gasteiger partial charge in [0, 0.05) is 11.8 Å². The van der Waals surface area contributed by atoms with Crippen LogP contribution in [-0.4, -0.2) is 0 Å². The minimum Gasteiger partial charge on any atom is -0.103 e. The Morgan fingerprint density at radius 3 is 2.03 bits per heavy atom. The lowest BCUT2D eigenvalue weighted by molar-refractivity contribution is 0.531. The summed E-state index contributed by atoms with van der Waals surface area (Å²) in [6.07, 6.45) is 8.06. The van der Waals surface area contributed by atoms with Crippen LogP contribution < -0.4 is 0 Å². The maximum absolute atomic E-state index is 4.15. The lowest BCUT2D eigenvalue weighted by atomic mass is 9.79. The molecule has 2 unspecified atom stereocenters. The zero-order valence-corrected chi connectivity index (χ0v) is 17.1. The third-order valence-electron chi connectivity index (χ3n) is 6.96. The molecule has 0 spiro atoms. The Balaban J connectivity index is 1.46. The highest BCUT2D eigenvalue weighted by atomic mass is 14.4. The van der Waals surface area contributed by atoms with Crippen LogP contribution in [0.2, 0.25) is 0 Å². The summed E-state index contributed by atoms with van der Waals surface area (Å²) in [5.74, 6) is 1.49. The van der Waals surface area contributed by atoms with Crippen molar-refractivity contribution < 1.29 is 0 Å². The van der Waals surface area contributed by atoms with Gasteiger partial charge in [-0.3, -0.25) is 0 Å². The Kier molecular flexibility index (Phi) is 4.72. The quantitative estimate of drug-likeness (QED) is 0.383. The van der Waals surface area contributed by atoms with Crippen molar-refractivity contribution in [1.82, 2.24) is 0 Å². The van der Waals surface area contributed by atoms with Crippen LogP contribution >= 0.6 is 0 Å². The molecule has 2 aliphatic carbocycles. The van der Waals surface area contributed by atoms with Crippen LogP contribution in [0, 0.1) is 5.92 Å². The van der Waals surface area contributed by atoms with E-state index in [0.29, 0.717) is 17.8 Å². The molecule has 0 amide bonds. The molecule has 0 bridgehead atoms. The van der Waals surface area contributed by atoms with E-state index in [1.54, 1.807) is 5.57 Å². The molecule has 0 heteroatoms. The molecule has 0 saturated heterocycles. The minimum absolute atomic E-state index is 0.487. The fourth-order valence-electron chi connectivity index (χ4n) is 5.57. The maximum Gasteiger partial charge on any atom is 0.0120 e. The second-order valence-electron chi connectivity index (χ2n) is 8.40. The van der Waals surface area contributed by atoms with E-state index in [-0.39, 0.29) is 0 Å². The molecular weight excluding hydrogens is 348 g/mol. The number of benzene rings is 3. The third kappa shape index (κ3) is 2.99. The van der Waals surface area contributed by atoms with Crippen LogP contribution in [-0.2, 0) is 0 Å². The van der Waals surface area contributed by atoms with Crippen molar-refractivity contribution in [3.63, 3.8) is 0 Å². The largest absolute Gasteiger partial charge is 0.103 e. The number of hydrogen-bond acceptors (Lipinski definition) is 0.